The standard InChI is InChI=1S/C16H24F3N5O.HI/c1-13(16(17,18)19)23-7-9-24(10-8-23)15(20-2)22-6-11-25-14-4-3-5-21-12-14;/h3-5,12-13H,6-11H2,1-2H3,(H,20,22);1H. The molecule has 1 aromatic heterocycles. The van der Waals surface area contributed by atoms with E-state index in [1.807, 2.05) is 11.0 Å². The van der Waals surface area contributed by atoms with Crippen LogP contribution < -0.4 is 10.1 Å². The topological polar surface area (TPSA) is 53.0 Å². The highest BCUT2D eigenvalue weighted by Gasteiger charge is 2.41. The van der Waals surface area contributed by atoms with Crippen LogP contribution in [0.3, 0.4) is 0 Å². The number of halogens is 4. The van der Waals surface area contributed by atoms with Gasteiger partial charge < -0.3 is 15.0 Å². The Labute approximate surface area is 168 Å². The molecular weight excluding hydrogens is 462 g/mol. The molecule has 2 heterocycles. The Morgan fingerprint density at radius 2 is 2.04 bits per heavy atom. The van der Waals surface area contributed by atoms with Crippen molar-refractivity contribution in [2.24, 2.45) is 4.99 Å². The molecule has 26 heavy (non-hydrogen) atoms. The molecule has 1 atom stereocenters. The molecule has 1 aliphatic heterocycles. The fourth-order valence-electron chi connectivity index (χ4n) is 2.62. The Morgan fingerprint density at radius 1 is 1.35 bits per heavy atom. The number of ether oxygens (including phenoxy) is 1. The van der Waals surface area contributed by atoms with Crippen molar-refractivity contribution < 1.29 is 17.9 Å². The van der Waals surface area contributed by atoms with E-state index >= 15 is 0 Å². The van der Waals surface area contributed by atoms with Crippen LogP contribution in [-0.4, -0.2) is 79.3 Å². The minimum absolute atomic E-state index is 0. The number of rotatable bonds is 5. The van der Waals surface area contributed by atoms with E-state index in [9.17, 15) is 13.2 Å². The van der Waals surface area contributed by atoms with Gasteiger partial charge in [-0.2, -0.15) is 13.2 Å². The van der Waals surface area contributed by atoms with E-state index in [0.29, 0.717) is 51.0 Å². The highest BCUT2D eigenvalue weighted by atomic mass is 127. The lowest BCUT2D eigenvalue weighted by molar-refractivity contribution is -0.181. The summed E-state index contributed by atoms with van der Waals surface area (Å²) in [5.74, 6) is 1.36. The number of aliphatic imine (C=N–C) groups is 1. The molecule has 0 amide bonds. The van der Waals surface area contributed by atoms with Crippen molar-refractivity contribution in [1.82, 2.24) is 20.1 Å². The summed E-state index contributed by atoms with van der Waals surface area (Å²) in [5.41, 5.74) is 0. The number of alkyl halides is 3. The van der Waals surface area contributed by atoms with Crippen LogP contribution in [0.5, 0.6) is 5.75 Å². The largest absolute Gasteiger partial charge is 0.490 e. The lowest BCUT2D eigenvalue weighted by atomic mass is 10.2. The van der Waals surface area contributed by atoms with E-state index in [-0.39, 0.29) is 24.0 Å². The van der Waals surface area contributed by atoms with Crippen molar-refractivity contribution >= 4 is 29.9 Å². The Morgan fingerprint density at radius 3 is 2.58 bits per heavy atom. The zero-order valence-electron chi connectivity index (χ0n) is 14.9. The molecule has 2 rings (SSSR count). The Kier molecular flexibility index (Phi) is 9.41. The van der Waals surface area contributed by atoms with Crippen LogP contribution in [0, 0.1) is 0 Å². The first-order valence-corrected chi connectivity index (χ1v) is 8.21. The molecule has 10 heteroatoms. The van der Waals surface area contributed by atoms with Gasteiger partial charge in [-0.15, -0.1) is 24.0 Å². The summed E-state index contributed by atoms with van der Waals surface area (Å²) in [6.45, 7) is 3.91. The average molecular weight is 487 g/mol. The normalized spacial score (nSPS) is 17.4. The molecule has 6 nitrogen and oxygen atoms in total. The molecule has 1 fully saturated rings. The van der Waals surface area contributed by atoms with Gasteiger partial charge in [0.15, 0.2) is 5.96 Å². The van der Waals surface area contributed by atoms with E-state index in [1.165, 1.54) is 11.8 Å². The van der Waals surface area contributed by atoms with Gasteiger partial charge in [0.25, 0.3) is 0 Å². The average Bonchev–Trinajstić information content (AvgIpc) is 2.61. The lowest BCUT2D eigenvalue weighted by Gasteiger charge is -2.39. The van der Waals surface area contributed by atoms with Crippen LogP contribution in [0.1, 0.15) is 6.92 Å². The Hall–Kier alpha value is -1.30. The molecule has 0 aliphatic carbocycles. The smallest absolute Gasteiger partial charge is 0.403 e. The molecule has 0 saturated carbocycles. The number of aromatic nitrogens is 1. The molecule has 0 aromatic carbocycles. The summed E-state index contributed by atoms with van der Waals surface area (Å²) >= 11 is 0. The highest BCUT2D eigenvalue weighted by molar-refractivity contribution is 14.0. The van der Waals surface area contributed by atoms with Gasteiger partial charge in [0, 0.05) is 39.4 Å². The zero-order valence-corrected chi connectivity index (χ0v) is 17.2. The first kappa shape index (κ1) is 22.7. The Bertz CT molecular complexity index is 551. The molecule has 0 radical (unpaired) electrons. The van der Waals surface area contributed by atoms with Gasteiger partial charge in [-0.25, -0.2) is 0 Å². The fraction of sp³-hybridized carbons (Fsp3) is 0.625. The molecule has 1 aromatic rings. The second-order valence-electron chi connectivity index (χ2n) is 5.75. The van der Waals surface area contributed by atoms with Gasteiger partial charge in [-0.1, -0.05) is 0 Å². The number of guanidine groups is 1. The third-order valence-electron chi connectivity index (χ3n) is 4.14. The van der Waals surface area contributed by atoms with E-state index in [1.54, 1.807) is 25.5 Å². The van der Waals surface area contributed by atoms with Crippen molar-refractivity contribution in [2.75, 3.05) is 46.4 Å². The molecule has 1 unspecified atom stereocenters. The Balaban J connectivity index is 0.00000338. The molecule has 1 saturated heterocycles. The van der Waals surface area contributed by atoms with Crippen LogP contribution in [-0.2, 0) is 0 Å². The minimum Gasteiger partial charge on any atom is -0.490 e. The van der Waals surface area contributed by atoms with Gasteiger partial charge in [0.1, 0.15) is 18.4 Å². The van der Waals surface area contributed by atoms with E-state index in [4.69, 9.17) is 4.74 Å². The summed E-state index contributed by atoms with van der Waals surface area (Å²) < 4.78 is 43.9. The SMILES string of the molecule is CN=C(NCCOc1cccnc1)N1CCN(C(C)C(F)(F)F)CC1.I. The van der Waals surface area contributed by atoms with Crippen molar-refractivity contribution in [3.05, 3.63) is 24.5 Å². The number of nitrogens with zero attached hydrogens (tertiary/aromatic N) is 4. The van der Waals surface area contributed by atoms with Crippen LogP contribution in [0.15, 0.2) is 29.5 Å². The molecule has 0 spiro atoms. The first-order valence-electron chi connectivity index (χ1n) is 8.21. The van der Waals surface area contributed by atoms with Gasteiger partial charge in [-0.3, -0.25) is 14.9 Å². The summed E-state index contributed by atoms with van der Waals surface area (Å²) in [7, 11) is 1.66. The maximum Gasteiger partial charge on any atom is 0.403 e. The summed E-state index contributed by atoms with van der Waals surface area (Å²) in [5, 5.41) is 3.17. The van der Waals surface area contributed by atoms with Crippen LogP contribution in [0.4, 0.5) is 13.2 Å². The first-order chi connectivity index (χ1) is 11.9. The maximum atomic E-state index is 12.8. The summed E-state index contributed by atoms with van der Waals surface area (Å²) in [6.07, 6.45) is -0.881. The van der Waals surface area contributed by atoms with Crippen LogP contribution >= 0.6 is 24.0 Å². The maximum absolute atomic E-state index is 12.8. The van der Waals surface area contributed by atoms with E-state index in [2.05, 4.69) is 15.3 Å². The van der Waals surface area contributed by atoms with Crippen molar-refractivity contribution in [3.8, 4) is 5.75 Å². The predicted molar refractivity (Wildman–Crippen MR) is 105 cm³/mol. The highest BCUT2D eigenvalue weighted by Crippen LogP contribution is 2.25. The monoisotopic (exact) mass is 487 g/mol. The van der Waals surface area contributed by atoms with Crippen molar-refractivity contribution in [2.45, 2.75) is 19.1 Å². The van der Waals surface area contributed by atoms with Gasteiger partial charge >= 0.3 is 6.18 Å². The number of piperazine rings is 1. The molecule has 148 valence electrons. The van der Waals surface area contributed by atoms with Crippen LogP contribution in [0.2, 0.25) is 0 Å². The third-order valence-corrected chi connectivity index (χ3v) is 4.14. The molecule has 0 bridgehead atoms. The summed E-state index contributed by atoms with van der Waals surface area (Å²) in [4.78, 5) is 11.6. The van der Waals surface area contributed by atoms with E-state index < -0.39 is 12.2 Å². The minimum atomic E-state index is -4.19. The predicted octanol–water partition coefficient (Wildman–Crippen LogP) is 2.22. The number of nitrogens with one attached hydrogen (secondary N) is 1. The fourth-order valence-corrected chi connectivity index (χ4v) is 2.62. The van der Waals surface area contributed by atoms with Gasteiger partial charge in [-0.05, 0) is 19.1 Å². The van der Waals surface area contributed by atoms with Crippen LogP contribution in [0.25, 0.3) is 0 Å². The summed E-state index contributed by atoms with van der Waals surface area (Å²) in [6, 6.07) is 2.20. The van der Waals surface area contributed by atoms with Crippen molar-refractivity contribution in [1.29, 1.82) is 0 Å². The van der Waals surface area contributed by atoms with Crippen molar-refractivity contribution in [3.63, 3.8) is 0 Å². The van der Waals surface area contributed by atoms with Gasteiger partial charge in [0.2, 0.25) is 0 Å². The number of pyridine rings is 1. The second kappa shape index (κ2) is 10.8. The lowest BCUT2D eigenvalue weighted by Crippen LogP contribution is -2.57. The van der Waals surface area contributed by atoms with E-state index in [0.717, 1.165) is 0 Å². The number of hydrogen-bond acceptors (Lipinski definition) is 4. The molecular formula is C16H25F3IN5O. The molecule has 1 aliphatic rings. The second-order valence-corrected chi connectivity index (χ2v) is 5.75. The quantitative estimate of drug-likeness (QED) is 0.299. The van der Waals surface area contributed by atoms with Gasteiger partial charge in [0.05, 0.1) is 12.7 Å². The third kappa shape index (κ3) is 6.78. The molecule has 1 N–H and O–H groups in total. The zero-order chi connectivity index (χ0) is 18.3. The number of hydrogen-bond donors (Lipinski definition) is 1.